The first-order chi connectivity index (χ1) is 9.83. The van der Waals surface area contributed by atoms with E-state index in [9.17, 15) is 14.7 Å². The number of nitrogens with one attached hydrogen (secondary N) is 1. The largest absolute Gasteiger partial charge is 0.481 e. The van der Waals surface area contributed by atoms with Crippen molar-refractivity contribution in [1.29, 1.82) is 0 Å². The highest BCUT2D eigenvalue weighted by molar-refractivity contribution is 9.10. The van der Waals surface area contributed by atoms with E-state index in [-0.39, 0.29) is 11.9 Å². The Hall–Kier alpha value is -1.56. The van der Waals surface area contributed by atoms with Crippen molar-refractivity contribution in [2.75, 3.05) is 5.73 Å². The number of amides is 1. The summed E-state index contributed by atoms with van der Waals surface area (Å²) < 4.78 is 0.720. The third kappa shape index (κ3) is 3.37. The Morgan fingerprint density at radius 1 is 1.38 bits per heavy atom. The van der Waals surface area contributed by atoms with E-state index in [4.69, 9.17) is 5.73 Å². The zero-order valence-corrected chi connectivity index (χ0v) is 13.4. The van der Waals surface area contributed by atoms with Crippen LogP contribution in [0.1, 0.15) is 43.0 Å². The van der Waals surface area contributed by atoms with Crippen LogP contribution in [0.15, 0.2) is 22.7 Å². The number of anilines is 1. The van der Waals surface area contributed by atoms with Gasteiger partial charge in [0.05, 0.1) is 5.41 Å². The van der Waals surface area contributed by atoms with Gasteiger partial charge in [0.25, 0.3) is 5.91 Å². The maximum atomic E-state index is 12.3. The maximum Gasteiger partial charge on any atom is 0.311 e. The number of hydrogen-bond acceptors (Lipinski definition) is 3. The first kappa shape index (κ1) is 15.8. The summed E-state index contributed by atoms with van der Waals surface area (Å²) in [6.07, 6.45) is 3.05. The lowest BCUT2D eigenvalue weighted by molar-refractivity contribution is -0.151. The van der Waals surface area contributed by atoms with Crippen LogP contribution in [0.3, 0.4) is 0 Å². The highest BCUT2D eigenvalue weighted by Gasteiger charge is 2.43. The second-order valence-electron chi connectivity index (χ2n) is 5.77. The van der Waals surface area contributed by atoms with Crippen LogP contribution in [0.4, 0.5) is 5.69 Å². The minimum atomic E-state index is -0.911. The number of nitrogens with two attached hydrogens (primary N) is 1. The van der Waals surface area contributed by atoms with E-state index in [1.807, 2.05) is 0 Å². The van der Waals surface area contributed by atoms with Crippen molar-refractivity contribution in [3.63, 3.8) is 0 Å². The summed E-state index contributed by atoms with van der Waals surface area (Å²) in [7, 11) is 0. The van der Waals surface area contributed by atoms with Gasteiger partial charge in [0.15, 0.2) is 0 Å². The van der Waals surface area contributed by atoms with Gasteiger partial charge >= 0.3 is 5.97 Å². The van der Waals surface area contributed by atoms with Gasteiger partial charge in [-0.05, 0) is 38.0 Å². The van der Waals surface area contributed by atoms with Crippen molar-refractivity contribution in [2.24, 2.45) is 5.41 Å². The number of hydrogen-bond donors (Lipinski definition) is 3. The average molecular weight is 355 g/mol. The van der Waals surface area contributed by atoms with Crippen LogP contribution in [0.25, 0.3) is 0 Å². The predicted molar refractivity (Wildman–Crippen MR) is 84.0 cm³/mol. The van der Waals surface area contributed by atoms with Gasteiger partial charge in [-0.15, -0.1) is 0 Å². The smallest absolute Gasteiger partial charge is 0.311 e. The normalized spacial score (nSPS) is 25.3. The van der Waals surface area contributed by atoms with E-state index in [0.29, 0.717) is 24.1 Å². The van der Waals surface area contributed by atoms with Crippen molar-refractivity contribution < 1.29 is 14.7 Å². The number of carbonyl (C=O) groups excluding carboxylic acids is 1. The van der Waals surface area contributed by atoms with Crippen LogP contribution in [0.5, 0.6) is 0 Å². The topological polar surface area (TPSA) is 92.4 Å². The molecule has 0 bridgehead atoms. The molecule has 2 unspecified atom stereocenters. The second-order valence-corrected chi connectivity index (χ2v) is 6.68. The molecule has 6 heteroatoms. The summed E-state index contributed by atoms with van der Waals surface area (Å²) in [4.78, 5) is 23.9. The molecule has 2 rings (SSSR count). The molecule has 0 radical (unpaired) electrons. The van der Waals surface area contributed by atoms with E-state index in [1.54, 1.807) is 25.1 Å². The van der Waals surface area contributed by atoms with E-state index in [2.05, 4.69) is 21.2 Å². The van der Waals surface area contributed by atoms with Gasteiger partial charge in [-0.2, -0.15) is 0 Å². The molecule has 114 valence electrons. The molecular formula is C15H19BrN2O3. The molecule has 0 aliphatic heterocycles. The second kappa shape index (κ2) is 6.05. The highest BCUT2D eigenvalue weighted by Crippen LogP contribution is 2.36. The zero-order chi connectivity index (χ0) is 15.6. The third-order valence-corrected chi connectivity index (χ3v) is 4.64. The first-order valence-electron chi connectivity index (χ1n) is 6.93. The minimum absolute atomic E-state index is 0.289. The summed E-state index contributed by atoms with van der Waals surface area (Å²) >= 11 is 3.30. The number of halogens is 1. The Morgan fingerprint density at radius 2 is 2.10 bits per heavy atom. The zero-order valence-electron chi connectivity index (χ0n) is 11.9. The third-order valence-electron chi connectivity index (χ3n) is 4.18. The molecule has 1 aromatic rings. The Morgan fingerprint density at radius 3 is 2.71 bits per heavy atom. The van der Waals surface area contributed by atoms with E-state index in [1.165, 1.54) is 0 Å². The van der Waals surface area contributed by atoms with E-state index < -0.39 is 11.4 Å². The lowest BCUT2D eigenvalue weighted by atomic mass is 9.71. The Bertz CT molecular complexity index is 556. The molecule has 1 fully saturated rings. The Kier molecular flexibility index (Phi) is 4.56. The number of rotatable bonds is 3. The number of carboxylic acids is 1. The van der Waals surface area contributed by atoms with Gasteiger partial charge < -0.3 is 16.2 Å². The van der Waals surface area contributed by atoms with Crippen molar-refractivity contribution in [3.05, 3.63) is 28.2 Å². The number of benzene rings is 1. The number of nitrogen functional groups attached to an aromatic ring is 1. The number of aliphatic carboxylic acids is 1. The van der Waals surface area contributed by atoms with Gasteiger partial charge in [0.2, 0.25) is 0 Å². The Balaban J connectivity index is 2.19. The van der Waals surface area contributed by atoms with Gasteiger partial charge in [-0.1, -0.05) is 28.8 Å². The van der Waals surface area contributed by atoms with Crippen molar-refractivity contribution >= 4 is 33.5 Å². The fourth-order valence-corrected chi connectivity index (χ4v) is 3.32. The molecular weight excluding hydrogens is 336 g/mol. The summed E-state index contributed by atoms with van der Waals surface area (Å²) in [5, 5.41) is 12.3. The average Bonchev–Trinajstić information content (AvgIpc) is 2.40. The van der Waals surface area contributed by atoms with Gasteiger partial charge in [0, 0.05) is 21.8 Å². The minimum Gasteiger partial charge on any atom is -0.481 e. The number of carboxylic acid groups (broad SMARTS) is 1. The Labute approximate surface area is 132 Å². The van der Waals surface area contributed by atoms with Crippen molar-refractivity contribution in [1.82, 2.24) is 5.32 Å². The molecule has 5 nitrogen and oxygen atoms in total. The van der Waals surface area contributed by atoms with Crippen LogP contribution in [-0.4, -0.2) is 23.0 Å². The summed E-state index contributed by atoms with van der Waals surface area (Å²) in [5.41, 5.74) is 5.73. The molecule has 1 amide bonds. The monoisotopic (exact) mass is 354 g/mol. The molecule has 21 heavy (non-hydrogen) atoms. The molecule has 2 atom stereocenters. The number of carbonyl (C=O) groups is 2. The lowest BCUT2D eigenvalue weighted by Crippen LogP contribution is -2.52. The van der Waals surface area contributed by atoms with Crippen LogP contribution < -0.4 is 11.1 Å². The van der Waals surface area contributed by atoms with E-state index in [0.717, 1.165) is 17.3 Å². The summed E-state index contributed by atoms with van der Waals surface area (Å²) in [6, 6.07) is 4.60. The molecule has 1 saturated carbocycles. The van der Waals surface area contributed by atoms with Crippen LogP contribution in [0, 0.1) is 5.41 Å². The standard InChI is InChI=1S/C15H19BrN2O3/c1-15(14(20)21)5-3-2-4-12(15)18-13(19)9-6-10(16)8-11(17)7-9/h6-8,12H,2-5,17H2,1H3,(H,18,19)(H,20,21). The molecule has 0 spiro atoms. The molecule has 0 saturated heterocycles. The molecule has 1 aliphatic rings. The predicted octanol–water partition coefficient (Wildman–Crippen LogP) is 2.79. The van der Waals surface area contributed by atoms with Crippen LogP contribution >= 0.6 is 15.9 Å². The molecule has 0 aromatic heterocycles. The quantitative estimate of drug-likeness (QED) is 0.727. The summed E-state index contributed by atoms with van der Waals surface area (Å²) in [5.74, 6) is -1.15. The fraction of sp³-hybridized carbons (Fsp3) is 0.467. The first-order valence-corrected chi connectivity index (χ1v) is 7.72. The highest BCUT2D eigenvalue weighted by atomic mass is 79.9. The maximum absolute atomic E-state index is 12.3. The summed E-state index contributed by atoms with van der Waals surface area (Å²) in [6.45, 7) is 1.70. The van der Waals surface area contributed by atoms with Crippen LogP contribution in [-0.2, 0) is 4.79 Å². The van der Waals surface area contributed by atoms with Gasteiger partial charge in [-0.3, -0.25) is 9.59 Å². The van der Waals surface area contributed by atoms with Crippen molar-refractivity contribution in [2.45, 2.75) is 38.6 Å². The molecule has 1 aliphatic carbocycles. The van der Waals surface area contributed by atoms with Crippen LogP contribution in [0.2, 0.25) is 0 Å². The van der Waals surface area contributed by atoms with Gasteiger partial charge in [-0.25, -0.2) is 0 Å². The van der Waals surface area contributed by atoms with Crippen molar-refractivity contribution in [3.8, 4) is 0 Å². The fourth-order valence-electron chi connectivity index (χ4n) is 2.81. The molecule has 4 N–H and O–H groups in total. The van der Waals surface area contributed by atoms with E-state index >= 15 is 0 Å². The molecule has 1 aromatic carbocycles. The van der Waals surface area contributed by atoms with Gasteiger partial charge in [0.1, 0.15) is 0 Å². The molecule has 0 heterocycles. The SMILES string of the molecule is CC1(C(=O)O)CCCCC1NC(=O)c1cc(N)cc(Br)c1. The lowest BCUT2D eigenvalue weighted by Gasteiger charge is -2.38.